The van der Waals surface area contributed by atoms with E-state index in [4.69, 9.17) is 0 Å². The van der Waals surface area contributed by atoms with Gasteiger partial charge in [0.25, 0.3) is 5.91 Å². The summed E-state index contributed by atoms with van der Waals surface area (Å²) >= 11 is 1.63. The summed E-state index contributed by atoms with van der Waals surface area (Å²) < 4.78 is 0. The van der Waals surface area contributed by atoms with Crippen molar-refractivity contribution in [1.29, 1.82) is 0 Å². The monoisotopic (exact) mass is 237 g/mol. The molecule has 1 aromatic heterocycles. The molecule has 1 aliphatic carbocycles. The van der Waals surface area contributed by atoms with Gasteiger partial charge < -0.3 is 5.32 Å². The molecule has 1 aromatic rings. The van der Waals surface area contributed by atoms with E-state index in [2.05, 4.69) is 12.2 Å². The van der Waals surface area contributed by atoms with Gasteiger partial charge in [0.1, 0.15) is 0 Å². The first-order valence-corrected chi connectivity index (χ1v) is 6.91. The summed E-state index contributed by atoms with van der Waals surface area (Å²) in [5.41, 5.74) is 0.820. The van der Waals surface area contributed by atoms with E-state index in [1.54, 1.807) is 11.3 Å². The van der Waals surface area contributed by atoms with Gasteiger partial charge in [0.05, 0.1) is 5.56 Å². The predicted molar refractivity (Wildman–Crippen MR) is 67.9 cm³/mol. The largest absolute Gasteiger partial charge is 0.349 e. The van der Waals surface area contributed by atoms with Crippen LogP contribution in [-0.4, -0.2) is 11.9 Å². The van der Waals surface area contributed by atoms with Crippen molar-refractivity contribution in [1.82, 2.24) is 5.32 Å². The van der Waals surface area contributed by atoms with Crippen molar-refractivity contribution in [2.75, 3.05) is 0 Å². The lowest BCUT2D eigenvalue weighted by Crippen LogP contribution is -2.40. The summed E-state index contributed by atoms with van der Waals surface area (Å²) in [6.45, 7) is 4.27. The zero-order valence-corrected chi connectivity index (χ0v) is 10.8. The lowest BCUT2D eigenvalue weighted by Gasteiger charge is -2.29. The Balaban J connectivity index is 1.96. The highest BCUT2D eigenvalue weighted by Crippen LogP contribution is 2.24. The Morgan fingerprint density at radius 2 is 2.19 bits per heavy atom. The molecule has 88 valence electrons. The number of aryl methyl sites for hydroxylation is 1. The number of thiophene rings is 1. The van der Waals surface area contributed by atoms with Crippen LogP contribution in [0.3, 0.4) is 0 Å². The molecule has 0 aliphatic heterocycles. The number of nitrogens with one attached hydrogen (secondary N) is 1. The summed E-state index contributed by atoms with van der Waals surface area (Å²) in [4.78, 5) is 13.2. The van der Waals surface area contributed by atoms with Crippen molar-refractivity contribution in [3.63, 3.8) is 0 Å². The fourth-order valence-electron chi connectivity index (χ4n) is 2.34. The van der Waals surface area contributed by atoms with Gasteiger partial charge in [-0.25, -0.2) is 0 Å². The molecule has 1 N–H and O–H groups in total. The molecule has 2 rings (SSSR count). The molecular formula is C13H19NOS. The van der Waals surface area contributed by atoms with Crippen LogP contribution in [0.25, 0.3) is 0 Å². The summed E-state index contributed by atoms with van der Waals surface area (Å²) in [7, 11) is 0. The molecule has 3 heteroatoms. The summed E-state index contributed by atoms with van der Waals surface area (Å²) in [6, 6.07) is 2.34. The quantitative estimate of drug-likeness (QED) is 0.839. The van der Waals surface area contributed by atoms with Gasteiger partial charge in [0.2, 0.25) is 0 Å². The Hall–Kier alpha value is -0.830. The van der Waals surface area contributed by atoms with Crippen LogP contribution >= 0.6 is 11.3 Å². The minimum Gasteiger partial charge on any atom is -0.349 e. The SMILES string of the molecule is Cc1cc(C(=O)N[C@H]2CCCC[C@H]2C)cs1. The number of rotatable bonds is 2. The van der Waals surface area contributed by atoms with E-state index in [0.717, 1.165) is 12.0 Å². The summed E-state index contributed by atoms with van der Waals surface area (Å²) in [6.07, 6.45) is 4.94. The third kappa shape index (κ3) is 2.64. The molecule has 0 unspecified atom stereocenters. The fourth-order valence-corrected chi connectivity index (χ4v) is 3.03. The van der Waals surface area contributed by atoms with Gasteiger partial charge in [-0.1, -0.05) is 19.8 Å². The molecule has 2 atom stereocenters. The molecule has 1 fully saturated rings. The number of carbonyl (C=O) groups excluding carboxylic acids is 1. The summed E-state index contributed by atoms with van der Waals surface area (Å²) in [5, 5.41) is 5.11. The highest BCUT2D eigenvalue weighted by atomic mass is 32.1. The lowest BCUT2D eigenvalue weighted by atomic mass is 9.86. The van der Waals surface area contributed by atoms with Crippen molar-refractivity contribution < 1.29 is 4.79 Å². The van der Waals surface area contributed by atoms with E-state index >= 15 is 0 Å². The van der Waals surface area contributed by atoms with Crippen molar-refractivity contribution in [2.24, 2.45) is 5.92 Å². The lowest BCUT2D eigenvalue weighted by molar-refractivity contribution is 0.0910. The Bertz CT molecular complexity index is 372. The molecule has 2 nitrogen and oxygen atoms in total. The first-order chi connectivity index (χ1) is 7.66. The third-order valence-corrected chi connectivity index (χ3v) is 4.28. The Labute approximate surface area is 101 Å². The predicted octanol–water partition coefficient (Wildman–Crippen LogP) is 3.37. The number of hydrogen-bond donors (Lipinski definition) is 1. The molecule has 0 radical (unpaired) electrons. The van der Waals surface area contributed by atoms with Gasteiger partial charge in [-0.3, -0.25) is 4.79 Å². The van der Waals surface area contributed by atoms with E-state index in [1.807, 2.05) is 18.4 Å². The van der Waals surface area contributed by atoms with Gasteiger partial charge in [-0.2, -0.15) is 0 Å². The molecule has 1 aliphatic rings. The molecule has 1 amide bonds. The molecule has 0 aromatic carbocycles. The van der Waals surface area contributed by atoms with Crippen LogP contribution in [0.5, 0.6) is 0 Å². The van der Waals surface area contributed by atoms with Crippen molar-refractivity contribution in [3.8, 4) is 0 Å². The smallest absolute Gasteiger partial charge is 0.252 e. The van der Waals surface area contributed by atoms with Gasteiger partial charge in [0.15, 0.2) is 0 Å². The van der Waals surface area contributed by atoms with Gasteiger partial charge in [-0.15, -0.1) is 11.3 Å². The molecule has 0 saturated heterocycles. The van der Waals surface area contributed by atoms with E-state index in [1.165, 1.54) is 24.1 Å². The van der Waals surface area contributed by atoms with Crippen LogP contribution in [-0.2, 0) is 0 Å². The highest BCUT2D eigenvalue weighted by molar-refractivity contribution is 7.10. The average molecular weight is 237 g/mol. The Kier molecular flexibility index (Phi) is 3.64. The van der Waals surface area contributed by atoms with Crippen molar-refractivity contribution in [3.05, 3.63) is 21.9 Å². The van der Waals surface area contributed by atoms with E-state index in [-0.39, 0.29) is 5.91 Å². The van der Waals surface area contributed by atoms with Gasteiger partial charge in [-0.05, 0) is 31.7 Å². The van der Waals surface area contributed by atoms with E-state index in [9.17, 15) is 4.79 Å². The zero-order chi connectivity index (χ0) is 11.5. The maximum absolute atomic E-state index is 12.0. The van der Waals surface area contributed by atoms with Crippen LogP contribution in [0.2, 0.25) is 0 Å². The van der Waals surface area contributed by atoms with Gasteiger partial charge in [0, 0.05) is 16.3 Å². The van der Waals surface area contributed by atoms with Crippen LogP contribution < -0.4 is 5.32 Å². The molecule has 0 spiro atoms. The van der Waals surface area contributed by atoms with Crippen LogP contribution in [0.15, 0.2) is 11.4 Å². The normalized spacial score (nSPS) is 25.4. The number of amides is 1. The van der Waals surface area contributed by atoms with Gasteiger partial charge >= 0.3 is 0 Å². The van der Waals surface area contributed by atoms with Crippen LogP contribution in [0.1, 0.15) is 47.8 Å². The molecular weight excluding hydrogens is 218 g/mol. The summed E-state index contributed by atoms with van der Waals surface area (Å²) in [5.74, 6) is 0.723. The average Bonchev–Trinajstić information content (AvgIpc) is 2.68. The highest BCUT2D eigenvalue weighted by Gasteiger charge is 2.23. The Morgan fingerprint density at radius 3 is 2.81 bits per heavy atom. The Morgan fingerprint density at radius 1 is 1.44 bits per heavy atom. The maximum Gasteiger partial charge on any atom is 0.252 e. The molecule has 0 bridgehead atoms. The third-order valence-electron chi connectivity index (χ3n) is 3.42. The second-order valence-corrected chi connectivity index (χ2v) is 5.90. The molecule has 1 heterocycles. The van der Waals surface area contributed by atoms with Crippen LogP contribution in [0.4, 0.5) is 0 Å². The first kappa shape index (κ1) is 11.6. The van der Waals surface area contributed by atoms with E-state index in [0.29, 0.717) is 12.0 Å². The zero-order valence-electron chi connectivity index (χ0n) is 9.95. The van der Waals surface area contributed by atoms with Crippen molar-refractivity contribution >= 4 is 17.2 Å². The number of carbonyl (C=O) groups is 1. The van der Waals surface area contributed by atoms with Crippen molar-refractivity contribution in [2.45, 2.75) is 45.6 Å². The minimum absolute atomic E-state index is 0.100. The standard InChI is InChI=1S/C13H19NOS/c1-9-5-3-4-6-12(9)14-13(15)11-7-10(2)16-8-11/h7-9,12H,3-6H2,1-2H3,(H,14,15)/t9-,12+/m1/s1. The molecule has 1 saturated carbocycles. The maximum atomic E-state index is 12.0. The minimum atomic E-state index is 0.100. The second-order valence-electron chi connectivity index (χ2n) is 4.79. The fraction of sp³-hybridized carbons (Fsp3) is 0.615. The first-order valence-electron chi connectivity index (χ1n) is 6.03. The van der Waals surface area contributed by atoms with Crippen LogP contribution in [0, 0.1) is 12.8 Å². The number of hydrogen-bond acceptors (Lipinski definition) is 2. The molecule has 16 heavy (non-hydrogen) atoms. The topological polar surface area (TPSA) is 29.1 Å². The second kappa shape index (κ2) is 5.00. The van der Waals surface area contributed by atoms with E-state index < -0.39 is 0 Å².